The molecule has 0 bridgehead atoms. The Morgan fingerprint density at radius 3 is 2.55 bits per heavy atom. The van der Waals surface area contributed by atoms with Gasteiger partial charge in [-0.05, 0) is 57.1 Å². The van der Waals surface area contributed by atoms with Gasteiger partial charge in [-0.1, -0.05) is 11.6 Å². The maximum absolute atomic E-state index is 12.1. The van der Waals surface area contributed by atoms with Crippen molar-refractivity contribution in [2.45, 2.75) is 36.0 Å². The fraction of sp³-hybridized carbons (Fsp3) is 0.500. The van der Waals surface area contributed by atoms with Crippen molar-refractivity contribution in [3.8, 4) is 0 Å². The lowest BCUT2D eigenvalue weighted by Crippen LogP contribution is -2.45. The first-order valence-corrected chi connectivity index (χ1v) is 7.84. The van der Waals surface area contributed by atoms with Crippen LogP contribution in [-0.2, 0) is 4.79 Å². The van der Waals surface area contributed by atoms with E-state index in [0.717, 1.165) is 35.8 Å². The van der Waals surface area contributed by atoms with Gasteiger partial charge in [0.15, 0.2) is 0 Å². The second kappa shape index (κ2) is 8.78. The highest BCUT2D eigenvalue weighted by atomic mass is 35.5. The predicted octanol–water partition coefficient (Wildman–Crippen LogP) is 3.11. The summed E-state index contributed by atoms with van der Waals surface area (Å²) >= 11 is 7.41. The quantitative estimate of drug-likeness (QED) is 0.831. The standard InChI is InChI=1S/C14H19ClN2OS.ClH/c1-10(19-13-4-2-11(15)3-5-13)14(18)17-12-6-8-16-9-7-12;/h2-5,10,12,16H,6-9H2,1H3,(H,17,18);1H. The lowest BCUT2D eigenvalue weighted by Gasteiger charge is -2.25. The number of halogens is 2. The molecule has 1 unspecified atom stereocenters. The first kappa shape index (κ1) is 17.6. The third-order valence-corrected chi connectivity index (χ3v) is 4.55. The summed E-state index contributed by atoms with van der Waals surface area (Å²) in [5.74, 6) is 0.117. The minimum Gasteiger partial charge on any atom is -0.352 e. The van der Waals surface area contributed by atoms with Crippen LogP contribution in [0.1, 0.15) is 19.8 Å². The molecule has 0 spiro atoms. The largest absolute Gasteiger partial charge is 0.352 e. The maximum Gasteiger partial charge on any atom is 0.233 e. The van der Waals surface area contributed by atoms with Gasteiger partial charge in [0.2, 0.25) is 5.91 Å². The van der Waals surface area contributed by atoms with Gasteiger partial charge in [0.05, 0.1) is 5.25 Å². The lowest BCUT2D eigenvalue weighted by atomic mass is 10.1. The van der Waals surface area contributed by atoms with Crippen molar-refractivity contribution in [1.82, 2.24) is 10.6 Å². The summed E-state index contributed by atoms with van der Waals surface area (Å²) in [6.07, 6.45) is 2.04. The van der Waals surface area contributed by atoms with E-state index < -0.39 is 0 Å². The average molecular weight is 335 g/mol. The van der Waals surface area contributed by atoms with Gasteiger partial charge in [-0.2, -0.15) is 0 Å². The molecule has 2 N–H and O–H groups in total. The molecule has 0 aromatic heterocycles. The summed E-state index contributed by atoms with van der Waals surface area (Å²) in [5, 5.41) is 7.05. The molecule has 1 aliphatic heterocycles. The Kier molecular flexibility index (Phi) is 7.74. The third-order valence-electron chi connectivity index (χ3n) is 3.18. The highest BCUT2D eigenvalue weighted by Crippen LogP contribution is 2.24. The van der Waals surface area contributed by atoms with E-state index in [4.69, 9.17) is 11.6 Å². The van der Waals surface area contributed by atoms with Crippen molar-refractivity contribution in [1.29, 1.82) is 0 Å². The SMILES string of the molecule is CC(Sc1ccc(Cl)cc1)C(=O)NC1CCNCC1.Cl. The van der Waals surface area contributed by atoms with E-state index in [1.54, 1.807) is 11.8 Å². The molecule has 1 aliphatic rings. The molecule has 0 aliphatic carbocycles. The van der Waals surface area contributed by atoms with E-state index >= 15 is 0 Å². The van der Waals surface area contributed by atoms with E-state index in [1.165, 1.54) is 0 Å². The van der Waals surface area contributed by atoms with Gasteiger partial charge in [0.25, 0.3) is 0 Å². The van der Waals surface area contributed by atoms with E-state index in [0.29, 0.717) is 6.04 Å². The number of piperidine rings is 1. The third kappa shape index (κ3) is 5.52. The summed E-state index contributed by atoms with van der Waals surface area (Å²) in [6.45, 7) is 3.92. The maximum atomic E-state index is 12.1. The molecular weight excluding hydrogens is 315 g/mol. The van der Waals surface area contributed by atoms with Crippen LogP contribution in [-0.4, -0.2) is 30.3 Å². The van der Waals surface area contributed by atoms with E-state index in [9.17, 15) is 4.79 Å². The lowest BCUT2D eigenvalue weighted by molar-refractivity contribution is -0.121. The van der Waals surface area contributed by atoms with Gasteiger partial charge in [0, 0.05) is 16.0 Å². The van der Waals surface area contributed by atoms with Crippen LogP contribution in [0.5, 0.6) is 0 Å². The van der Waals surface area contributed by atoms with Crippen LogP contribution in [0.15, 0.2) is 29.2 Å². The van der Waals surface area contributed by atoms with Gasteiger partial charge in [0.1, 0.15) is 0 Å². The number of thioether (sulfide) groups is 1. The summed E-state index contributed by atoms with van der Waals surface area (Å²) in [5.41, 5.74) is 0. The summed E-state index contributed by atoms with van der Waals surface area (Å²) in [6, 6.07) is 7.91. The molecule has 1 saturated heterocycles. The second-order valence-electron chi connectivity index (χ2n) is 4.75. The van der Waals surface area contributed by atoms with E-state index in [2.05, 4.69) is 10.6 Å². The number of carbonyl (C=O) groups is 1. The van der Waals surface area contributed by atoms with Crippen molar-refractivity contribution < 1.29 is 4.79 Å². The van der Waals surface area contributed by atoms with Crippen LogP contribution in [0.4, 0.5) is 0 Å². The molecule has 1 heterocycles. The fourth-order valence-corrected chi connectivity index (χ4v) is 3.06. The molecule has 1 fully saturated rings. The van der Waals surface area contributed by atoms with Crippen LogP contribution in [0.2, 0.25) is 5.02 Å². The first-order chi connectivity index (χ1) is 9.15. The van der Waals surface area contributed by atoms with Crippen LogP contribution >= 0.6 is 35.8 Å². The van der Waals surface area contributed by atoms with Gasteiger partial charge in [-0.25, -0.2) is 0 Å². The highest BCUT2D eigenvalue weighted by Gasteiger charge is 2.20. The Labute approximate surface area is 135 Å². The van der Waals surface area contributed by atoms with Crippen LogP contribution < -0.4 is 10.6 Å². The van der Waals surface area contributed by atoms with Crippen molar-refractivity contribution in [3.63, 3.8) is 0 Å². The monoisotopic (exact) mass is 334 g/mol. The number of carbonyl (C=O) groups excluding carboxylic acids is 1. The second-order valence-corrected chi connectivity index (χ2v) is 6.60. The number of hydrogen-bond acceptors (Lipinski definition) is 3. The highest BCUT2D eigenvalue weighted by molar-refractivity contribution is 8.00. The summed E-state index contributed by atoms with van der Waals surface area (Å²) in [4.78, 5) is 13.2. The van der Waals surface area contributed by atoms with Crippen LogP contribution in [0.3, 0.4) is 0 Å². The Hall–Kier alpha value is -0.420. The van der Waals surface area contributed by atoms with E-state index in [1.807, 2.05) is 31.2 Å². The van der Waals surface area contributed by atoms with Gasteiger partial charge >= 0.3 is 0 Å². The number of amides is 1. The normalized spacial score (nSPS) is 17.1. The smallest absolute Gasteiger partial charge is 0.233 e. The van der Waals surface area contributed by atoms with Gasteiger partial charge in [-0.3, -0.25) is 4.79 Å². The van der Waals surface area contributed by atoms with Crippen molar-refractivity contribution in [2.24, 2.45) is 0 Å². The molecule has 1 amide bonds. The Balaban J connectivity index is 0.00000200. The topological polar surface area (TPSA) is 41.1 Å². The zero-order chi connectivity index (χ0) is 13.7. The first-order valence-electron chi connectivity index (χ1n) is 6.58. The van der Waals surface area contributed by atoms with Crippen molar-refractivity contribution >= 4 is 41.7 Å². The molecule has 3 nitrogen and oxygen atoms in total. The molecule has 2 rings (SSSR count). The summed E-state index contributed by atoms with van der Waals surface area (Å²) in [7, 11) is 0. The van der Waals surface area contributed by atoms with Crippen molar-refractivity contribution in [3.05, 3.63) is 29.3 Å². The molecule has 20 heavy (non-hydrogen) atoms. The van der Waals surface area contributed by atoms with Crippen LogP contribution in [0, 0.1) is 0 Å². The molecule has 0 radical (unpaired) electrons. The molecule has 6 heteroatoms. The molecule has 0 saturated carbocycles. The minimum absolute atomic E-state index is 0. The number of hydrogen-bond donors (Lipinski definition) is 2. The number of nitrogens with one attached hydrogen (secondary N) is 2. The van der Waals surface area contributed by atoms with Crippen molar-refractivity contribution in [2.75, 3.05) is 13.1 Å². The number of rotatable bonds is 4. The summed E-state index contributed by atoms with van der Waals surface area (Å²) < 4.78 is 0. The fourth-order valence-electron chi connectivity index (χ4n) is 2.06. The molecule has 1 aromatic carbocycles. The molecule has 1 atom stereocenters. The van der Waals surface area contributed by atoms with Gasteiger partial charge in [-0.15, -0.1) is 24.2 Å². The Morgan fingerprint density at radius 2 is 1.95 bits per heavy atom. The molecule has 1 aromatic rings. The molecule has 112 valence electrons. The predicted molar refractivity (Wildman–Crippen MR) is 88.1 cm³/mol. The minimum atomic E-state index is -0.0870. The Morgan fingerprint density at radius 1 is 1.35 bits per heavy atom. The zero-order valence-corrected chi connectivity index (χ0v) is 13.8. The van der Waals surface area contributed by atoms with Gasteiger partial charge < -0.3 is 10.6 Å². The Bertz CT molecular complexity index is 422. The van der Waals surface area contributed by atoms with E-state index in [-0.39, 0.29) is 23.6 Å². The van der Waals surface area contributed by atoms with Crippen LogP contribution in [0.25, 0.3) is 0 Å². The average Bonchev–Trinajstić information content (AvgIpc) is 2.42. The zero-order valence-electron chi connectivity index (χ0n) is 11.4. The molecular formula is C14H20Cl2N2OS. The number of benzene rings is 1.